The van der Waals surface area contributed by atoms with E-state index in [1.807, 2.05) is 6.07 Å². The number of anilines is 1. The van der Waals surface area contributed by atoms with Gasteiger partial charge in [0, 0.05) is 19.6 Å². The Kier molecular flexibility index (Phi) is 4.80. The summed E-state index contributed by atoms with van der Waals surface area (Å²) >= 11 is 0. The van der Waals surface area contributed by atoms with Gasteiger partial charge in [-0.3, -0.25) is 4.79 Å². The summed E-state index contributed by atoms with van der Waals surface area (Å²) in [6.45, 7) is 2.14. The van der Waals surface area contributed by atoms with Crippen LogP contribution in [-0.4, -0.2) is 40.6 Å². The van der Waals surface area contributed by atoms with E-state index in [1.165, 1.54) is 6.07 Å². The molecule has 0 radical (unpaired) electrons. The van der Waals surface area contributed by atoms with Gasteiger partial charge in [0.2, 0.25) is 0 Å². The van der Waals surface area contributed by atoms with E-state index >= 15 is 0 Å². The molecule has 1 aromatic heterocycles. The molecular weight excluding hydrogens is 295 g/mol. The average Bonchev–Trinajstić information content (AvgIpc) is 3.11. The lowest BCUT2D eigenvalue weighted by molar-refractivity contribution is 0.0786. The molecule has 1 amide bonds. The van der Waals surface area contributed by atoms with Crippen molar-refractivity contribution >= 4 is 11.7 Å². The van der Waals surface area contributed by atoms with Crippen LogP contribution in [-0.2, 0) is 6.42 Å². The van der Waals surface area contributed by atoms with Crippen LogP contribution >= 0.6 is 0 Å². The molecule has 2 heterocycles. The van der Waals surface area contributed by atoms with Crippen LogP contribution in [0.25, 0.3) is 0 Å². The van der Waals surface area contributed by atoms with E-state index in [9.17, 15) is 9.18 Å². The highest BCUT2D eigenvalue weighted by atomic mass is 19.1. The first-order valence-electron chi connectivity index (χ1n) is 7.84. The maximum absolute atomic E-state index is 13.5. The molecule has 1 aromatic carbocycles. The quantitative estimate of drug-likeness (QED) is 0.921. The third-order valence-corrected chi connectivity index (χ3v) is 3.94. The van der Waals surface area contributed by atoms with E-state index in [-0.39, 0.29) is 11.7 Å². The fourth-order valence-electron chi connectivity index (χ4n) is 2.65. The van der Waals surface area contributed by atoms with Crippen molar-refractivity contribution in [1.29, 1.82) is 0 Å². The smallest absolute Gasteiger partial charge is 0.274 e. The van der Waals surface area contributed by atoms with Crippen molar-refractivity contribution in [2.24, 2.45) is 0 Å². The highest BCUT2D eigenvalue weighted by Gasteiger charge is 2.20. The van der Waals surface area contributed by atoms with Crippen molar-refractivity contribution in [3.8, 4) is 0 Å². The molecule has 1 fully saturated rings. The van der Waals surface area contributed by atoms with Crippen LogP contribution in [0.3, 0.4) is 0 Å². The van der Waals surface area contributed by atoms with Crippen LogP contribution < -0.4 is 5.32 Å². The largest absolute Gasteiger partial charge is 0.368 e. The van der Waals surface area contributed by atoms with Crippen LogP contribution in [0.4, 0.5) is 10.2 Å². The lowest BCUT2D eigenvalue weighted by Crippen LogP contribution is -2.28. The van der Waals surface area contributed by atoms with Gasteiger partial charge in [0.05, 0.1) is 0 Å². The minimum Gasteiger partial charge on any atom is -0.368 e. The number of hydrogen-bond acceptors (Lipinski definition) is 4. The zero-order valence-electron chi connectivity index (χ0n) is 12.8. The first-order valence-corrected chi connectivity index (χ1v) is 7.84. The molecule has 0 spiro atoms. The van der Waals surface area contributed by atoms with Crippen LogP contribution in [0.5, 0.6) is 0 Å². The van der Waals surface area contributed by atoms with Crippen molar-refractivity contribution in [2.75, 3.05) is 25.0 Å². The Labute approximate surface area is 134 Å². The summed E-state index contributed by atoms with van der Waals surface area (Å²) in [5, 5.41) is 11.1. The molecule has 3 rings (SSSR count). The topological polar surface area (TPSA) is 58.1 Å². The summed E-state index contributed by atoms with van der Waals surface area (Å²) < 4.78 is 13.5. The number of halogens is 1. The van der Waals surface area contributed by atoms with E-state index in [4.69, 9.17) is 0 Å². The Morgan fingerprint density at radius 3 is 2.61 bits per heavy atom. The summed E-state index contributed by atoms with van der Waals surface area (Å²) in [5.74, 6) is 0.319. The van der Waals surface area contributed by atoms with Gasteiger partial charge >= 0.3 is 0 Å². The van der Waals surface area contributed by atoms with E-state index in [0.717, 1.165) is 25.9 Å². The van der Waals surface area contributed by atoms with Crippen LogP contribution in [0, 0.1) is 5.82 Å². The van der Waals surface area contributed by atoms with Crippen LogP contribution in [0.15, 0.2) is 36.4 Å². The van der Waals surface area contributed by atoms with Crippen molar-refractivity contribution in [3.05, 3.63) is 53.5 Å². The maximum Gasteiger partial charge on any atom is 0.274 e. The van der Waals surface area contributed by atoms with E-state index in [0.29, 0.717) is 30.0 Å². The van der Waals surface area contributed by atoms with Gasteiger partial charge in [-0.15, -0.1) is 10.2 Å². The SMILES string of the molecule is O=C(c1ccc(NCCc2ccccc2F)nn1)N1CCCC1. The Morgan fingerprint density at radius 2 is 1.91 bits per heavy atom. The molecule has 0 saturated carbocycles. The second-order valence-corrected chi connectivity index (χ2v) is 5.57. The number of carbonyl (C=O) groups excluding carboxylic acids is 1. The van der Waals surface area contributed by atoms with Gasteiger partial charge in [0.25, 0.3) is 5.91 Å². The minimum absolute atomic E-state index is 0.0621. The molecule has 0 bridgehead atoms. The molecule has 1 saturated heterocycles. The molecule has 6 heteroatoms. The Balaban J connectivity index is 1.53. The van der Waals surface area contributed by atoms with Crippen molar-refractivity contribution in [3.63, 3.8) is 0 Å². The standard InChI is InChI=1S/C17H19FN4O/c18-14-6-2-1-5-13(14)9-10-19-16-8-7-15(20-21-16)17(23)22-11-3-4-12-22/h1-2,5-8H,3-4,9-12H2,(H,19,21). The van der Waals surface area contributed by atoms with Crippen LogP contribution in [0.1, 0.15) is 28.9 Å². The average molecular weight is 314 g/mol. The third-order valence-electron chi connectivity index (χ3n) is 3.94. The van der Waals surface area contributed by atoms with E-state index in [2.05, 4.69) is 15.5 Å². The fourth-order valence-corrected chi connectivity index (χ4v) is 2.65. The number of nitrogens with zero attached hydrogens (tertiary/aromatic N) is 3. The molecule has 2 aromatic rings. The second-order valence-electron chi connectivity index (χ2n) is 5.57. The van der Waals surface area contributed by atoms with Gasteiger partial charge in [-0.25, -0.2) is 4.39 Å². The number of amides is 1. The first kappa shape index (κ1) is 15.4. The molecule has 23 heavy (non-hydrogen) atoms. The van der Waals surface area contributed by atoms with Gasteiger partial charge in [-0.2, -0.15) is 0 Å². The second kappa shape index (κ2) is 7.17. The van der Waals surface area contributed by atoms with Gasteiger partial charge in [-0.1, -0.05) is 18.2 Å². The first-order chi connectivity index (χ1) is 11.2. The van der Waals surface area contributed by atoms with Crippen LogP contribution in [0.2, 0.25) is 0 Å². The maximum atomic E-state index is 13.5. The zero-order chi connectivity index (χ0) is 16.1. The highest BCUT2D eigenvalue weighted by molar-refractivity contribution is 5.92. The Hall–Kier alpha value is -2.50. The van der Waals surface area contributed by atoms with Gasteiger partial charge in [0.15, 0.2) is 5.69 Å². The number of hydrogen-bond donors (Lipinski definition) is 1. The molecule has 1 aliphatic heterocycles. The molecule has 0 unspecified atom stereocenters. The van der Waals surface area contributed by atoms with Gasteiger partial charge in [-0.05, 0) is 43.0 Å². The van der Waals surface area contributed by atoms with E-state index < -0.39 is 0 Å². The zero-order valence-corrected chi connectivity index (χ0v) is 12.8. The van der Waals surface area contributed by atoms with Gasteiger partial charge in [0.1, 0.15) is 11.6 Å². The van der Waals surface area contributed by atoms with Crippen molar-refractivity contribution in [2.45, 2.75) is 19.3 Å². The lowest BCUT2D eigenvalue weighted by Gasteiger charge is -2.14. The summed E-state index contributed by atoms with van der Waals surface area (Å²) in [6, 6.07) is 10.1. The third kappa shape index (κ3) is 3.83. The summed E-state index contributed by atoms with van der Waals surface area (Å²) in [5.41, 5.74) is 1.03. The molecular formula is C17H19FN4O. The van der Waals surface area contributed by atoms with E-state index in [1.54, 1.807) is 29.2 Å². The summed E-state index contributed by atoms with van der Waals surface area (Å²) in [6.07, 6.45) is 2.66. The number of carbonyl (C=O) groups is 1. The lowest BCUT2D eigenvalue weighted by atomic mass is 10.1. The summed E-state index contributed by atoms with van der Waals surface area (Å²) in [4.78, 5) is 14.0. The normalized spacial score (nSPS) is 14.0. The molecule has 1 N–H and O–H groups in total. The van der Waals surface area contributed by atoms with Crippen molar-refractivity contribution in [1.82, 2.24) is 15.1 Å². The number of benzene rings is 1. The molecule has 1 aliphatic rings. The predicted octanol–water partition coefficient (Wildman–Crippen LogP) is 2.51. The number of aromatic nitrogens is 2. The monoisotopic (exact) mass is 314 g/mol. The minimum atomic E-state index is -0.202. The number of likely N-dealkylation sites (tertiary alicyclic amines) is 1. The fraction of sp³-hybridized carbons (Fsp3) is 0.353. The molecule has 120 valence electrons. The molecule has 5 nitrogen and oxygen atoms in total. The number of nitrogens with one attached hydrogen (secondary N) is 1. The Bertz CT molecular complexity index is 669. The highest BCUT2D eigenvalue weighted by Crippen LogP contribution is 2.12. The predicted molar refractivity (Wildman–Crippen MR) is 85.8 cm³/mol. The van der Waals surface area contributed by atoms with Crippen molar-refractivity contribution < 1.29 is 9.18 Å². The number of rotatable bonds is 5. The summed E-state index contributed by atoms with van der Waals surface area (Å²) in [7, 11) is 0. The Morgan fingerprint density at radius 1 is 1.13 bits per heavy atom. The molecule has 0 atom stereocenters. The van der Waals surface area contributed by atoms with Gasteiger partial charge < -0.3 is 10.2 Å². The molecule has 0 aliphatic carbocycles.